The fourth-order valence-corrected chi connectivity index (χ4v) is 3.11. The van der Waals surface area contributed by atoms with Crippen LogP contribution in [-0.2, 0) is 11.0 Å². The second-order valence-corrected chi connectivity index (χ2v) is 6.47. The van der Waals surface area contributed by atoms with Gasteiger partial charge in [-0.05, 0) is 32.5 Å². The second-order valence-electron chi connectivity index (χ2n) is 6.47. The molecule has 0 bridgehead atoms. The van der Waals surface area contributed by atoms with Crippen LogP contribution in [0.3, 0.4) is 0 Å². The van der Waals surface area contributed by atoms with E-state index in [0.717, 1.165) is 38.2 Å². The van der Waals surface area contributed by atoms with Gasteiger partial charge in [-0.2, -0.15) is 13.2 Å². The summed E-state index contributed by atoms with van der Waals surface area (Å²) in [6.45, 7) is 2.72. The van der Waals surface area contributed by atoms with Crippen molar-refractivity contribution in [1.82, 2.24) is 14.8 Å². The third-order valence-corrected chi connectivity index (χ3v) is 4.48. The molecule has 0 radical (unpaired) electrons. The number of alkyl halides is 3. The van der Waals surface area contributed by atoms with Gasteiger partial charge in [0, 0.05) is 18.8 Å². The number of carbonyl (C=O) groups excluding carboxylic acids is 1. The number of hydrogen-bond donors (Lipinski definition) is 0. The highest BCUT2D eigenvalue weighted by molar-refractivity contribution is 5.80. The van der Waals surface area contributed by atoms with Crippen molar-refractivity contribution in [2.24, 2.45) is 5.92 Å². The first-order valence-corrected chi connectivity index (χ1v) is 8.00. The maximum atomic E-state index is 12.5. The summed E-state index contributed by atoms with van der Waals surface area (Å²) < 4.78 is 43.0. The van der Waals surface area contributed by atoms with E-state index in [0.29, 0.717) is 13.1 Å². The largest absolute Gasteiger partial charge is 0.471 e. The lowest BCUT2D eigenvalue weighted by Crippen LogP contribution is -2.58. The molecule has 0 saturated carbocycles. The molecule has 1 unspecified atom stereocenters. The molecule has 0 spiro atoms. The average molecular weight is 343 g/mol. The van der Waals surface area contributed by atoms with Crippen molar-refractivity contribution >= 4 is 5.91 Å². The molecule has 3 rings (SSSR count). The Hall–Kier alpha value is -1.83. The van der Waals surface area contributed by atoms with Gasteiger partial charge < -0.3 is 14.5 Å². The highest BCUT2D eigenvalue weighted by atomic mass is 19.4. The Balaban J connectivity index is 1.47. The molecule has 0 aromatic carbocycles. The summed E-state index contributed by atoms with van der Waals surface area (Å²) in [4.78, 5) is 20.0. The maximum Gasteiger partial charge on any atom is 0.417 e. The molecule has 2 aliphatic rings. The number of aromatic nitrogens is 1. The van der Waals surface area contributed by atoms with Gasteiger partial charge in [0.2, 0.25) is 11.8 Å². The van der Waals surface area contributed by atoms with Gasteiger partial charge in [0.05, 0.1) is 24.6 Å². The number of hydrogen-bond acceptors (Lipinski definition) is 4. The predicted molar refractivity (Wildman–Crippen MR) is 80.5 cm³/mol. The summed E-state index contributed by atoms with van der Waals surface area (Å²) in [5, 5.41) is 0. The van der Waals surface area contributed by atoms with E-state index in [1.54, 1.807) is 4.90 Å². The van der Waals surface area contributed by atoms with Gasteiger partial charge >= 0.3 is 6.18 Å². The standard InChI is InChI=1S/C16H20F3N3O2/c1-21-6-2-3-11(8-21)15(23)22-9-13(10-22)24-14-5-4-12(7-20-14)16(17,18)19/h4-5,7,11,13H,2-3,6,8-10H2,1H3. The van der Waals surface area contributed by atoms with Gasteiger partial charge in [-0.15, -0.1) is 0 Å². The van der Waals surface area contributed by atoms with Crippen molar-refractivity contribution in [2.75, 3.05) is 33.2 Å². The molecule has 0 aliphatic carbocycles. The number of ether oxygens (including phenoxy) is 1. The summed E-state index contributed by atoms with van der Waals surface area (Å²) in [5.74, 6) is 0.327. The molecule has 2 saturated heterocycles. The first-order valence-electron chi connectivity index (χ1n) is 8.00. The summed E-state index contributed by atoms with van der Waals surface area (Å²) in [6, 6.07) is 2.16. The number of likely N-dealkylation sites (tertiary alicyclic amines) is 2. The van der Waals surface area contributed by atoms with E-state index < -0.39 is 11.7 Å². The van der Waals surface area contributed by atoms with E-state index in [1.165, 1.54) is 6.07 Å². The molecular weight excluding hydrogens is 323 g/mol. The van der Waals surface area contributed by atoms with E-state index in [9.17, 15) is 18.0 Å². The van der Waals surface area contributed by atoms with Crippen LogP contribution in [0.4, 0.5) is 13.2 Å². The van der Waals surface area contributed by atoms with E-state index in [1.807, 2.05) is 7.05 Å². The van der Waals surface area contributed by atoms with Gasteiger partial charge in [-0.3, -0.25) is 4.79 Å². The molecule has 8 heteroatoms. The Morgan fingerprint density at radius 3 is 2.62 bits per heavy atom. The zero-order chi connectivity index (χ0) is 17.3. The summed E-state index contributed by atoms with van der Waals surface area (Å²) in [7, 11) is 2.01. The third kappa shape index (κ3) is 3.80. The van der Waals surface area contributed by atoms with Crippen LogP contribution in [0.2, 0.25) is 0 Å². The predicted octanol–water partition coefficient (Wildman–Crippen LogP) is 2.03. The van der Waals surface area contributed by atoms with E-state index >= 15 is 0 Å². The summed E-state index contributed by atoms with van der Waals surface area (Å²) in [6.07, 6.45) is -1.92. The molecule has 1 aromatic rings. The maximum absolute atomic E-state index is 12.5. The molecule has 3 heterocycles. The van der Waals surface area contributed by atoms with Gasteiger partial charge in [0.25, 0.3) is 0 Å². The molecular formula is C16H20F3N3O2. The topological polar surface area (TPSA) is 45.7 Å². The molecule has 132 valence electrons. The third-order valence-electron chi connectivity index (χ3n) is 4.48. The minimum Gasteiger partial charge on any atom is -0.471 e. The molecule has 5 nitrogen and oxygen atoms in total. The van der Waals surface area contributed by atoms with E-state index in [4.69, 9.17) is 4.74 Å². The Kier molecular flexibility index (Phi) is 4.67. The van der Waals surface area contributed by atoms with Crippen LogP contribution < -0.4 is 4.74 Å². The quantitative estimate of drug-likeness (QED) is 0.843. The van der Waals surface area contributed by atoms with Crippen molar-refractivity contribution < 1.29 is 22.7 Å². The van der Waals surface area contributed by atoms with Crippen molar-refractivity contribution in [1.29, 1.82) is 0 Å². The van der Waals surface area contributed by atoms with Crippen LogP contribution >= 0.6 is 0 Å². The van der Waals surface area contributed by atoms with Crippen LogP contribution in [0.25, 0.3) is 0 Å². The van der Waals surface area contributed by atoms with Gasteiger partial charge in [-0.25, -0.2) is 4.98 Å². The molecule has 2 aliphatic heterocycles. The number of rotatable bonds is 3. The van der Waals surface area contributed by atoms with Crippen LogP contribution in [0.1, 0.15) is 18.4 Å². The number of pyridine rings is 1. The first kappa shape index (κ1) is 17.0. The highest BCUT2D eigenvalue weighted by Gasteiger charge is 2.37. The number of nitrogens with zero attached hydrogens (tertiary/aromatic N) is 3. The van der Waals surface area contributed by atoms with E-state index in [-0.39, 0.29) is 23.8 Å². The lowest BCUT2D eigenvalue weighted by molar-refractivity contribution is -0.146. The molecule has 1 aromatic heterocycles. The van der Waals surface area contributed by atoms with Gasteiger partial charge in [0.1, 0.15) is 6.10 Å². The molecule has 24 heavy (non-hydrogen) atoms. The van der Waals surface area contributed by atoms with Gasteiger partial charge in [-0.1, -0.05) is 0 Å². The van der Waals surface area contributed by atoms with Crippen LogP contribution in [-0.4, -0.2) is 60.0 Å². The Morgan fingerprint density at radius 1 is 1.29 bits per heavy atom. The van der Waals surface area contributed by atoms with Gasteiger partial charge in [0.15, 0.2) is 0 Å². The van der Waals surface area contributed by atoms with Crippen LogP contribution in [0.15, 0.2) is 18.3 Å². The van der Waals surface area contributed by atoms with Crippen molar-refractivity contribution in [3.8, 4) is 5.88 Å². The Morgan fingerprint density at radius 2 is 2.04 bits per heavy atom. The van der Waals surface area contributed by atoms with Crippen LogP contribution in [0.5, 0.6) is 5.88 Å². The Bertz CT molecular complexity index is 585. The monoisotopic (exact) mass is 343 g/mol. The lowest BCUT2D eigenvalue weighted by Gasteiger charge is -2.41. The summed E-state index contributed by atoms with van der Waals surface area (Å²) >= 11 is 0. The smallest absolute Gasteiger partial charge is 0.417 e. The molecule has 1 amide bonds. The molecule has 1 atom stereocenters. The highest BCUT2D eigenvalue weighted by Crippen LogP contribution is 2.29. The Labute approximate surface area is 138 Å². The minimum atomic E-state index is -4.40. The summed E-state index contributed by atoms with van der Waals surface area (Å²) in [5.41, 5.74) is -0.804. The fraction of sp³-hybridized carbons (Fsp3) is 0.625. The molecule has 2 fully saturated rings. The van der Waals surface area contributed by atoms with Crippen molar-refractivity contribution in [3.63, 3.8) is 0 Å². The number of carbonyl (C=O) groups is 1. The van der Waals surface area contributed by atoms with Crippen LogP contribution in [0, 0.1) is 5.92 Å². The number of amides is 1. The number of halogens is 3. The fourth-order valence-electron chi connectivity index (χ4n) is 3.11. The normalized spacial score (nSPS) is 23.0. The van der Waals surface area contributed by atoms with E-state index in [2.05, 4.69) is 9.88 Å². The lowest BCUT2D eigenvalue weighted by atomic mass is 9.95. The second kappa shape index (κ2) is 6.58. The van der Waals surface area contributed by atoms with Crippen molar-refractivity contribution in [2.45, 2.75) is 25.1 Å². The first-order chi connectivity index (χ1) is 11.3. The number of piperidine rings is 1. The zero-order valence-corrected chi connectivity index (χ0v) is 13.4. The zero-order valence-electron chi connectivity index (χ0n) is 13.4. The molecule has 0 N–H and O–H groups in total. The minimum absolute atomic E-state index is 0.0360. The van der Waals surface area contributed by atoms with Crippen molar-refractivity contribution in [3.05, 3.63) is 23.9 Å². The average Bonchev–Trinajstić information content (AvgIpc) is 2.49. The SMILES string of the molecule is CN1CCCC(C(=O)N2CC(Oc3ccc(C(F)(F)F)cn3)C2)C1.